The Morgan fingerprint density at radius 2 is 1.84 bits per heavy atom. The topological polar surface area (TPSA) is 92.9 Å². The van der Waals surface area contributed by atoms with Gasteiger partial charge in [0.2, 0.25) is 0 Å². The second-order valence-corrected chi connectivity index (χ2v) is 7.74. The standard InChI is InChI=1S/C25H24N2O4/c1-16-10-11-21-20(12-16)24(18-7-3-2-4-8-18)31-22(14-23(28)29)25(30)27(21)15-17-6-5-9-19(26)13-17/h2-13,22,24H,14-15,26H2,1H3,(H,28,29)/t22?,24-/m0/s1. The van der Waals surface area contributed by atoms with Crippen molar-refractivity contribution in [2.24, 2.45) is 0 Å². The lowest BCUT2D eigenvalue weighted by Gasteiger charge is -2.25. The van der Waals surface area contributed by atoms with Crippen molar-refractivity contribution in [3.63, 3.8) is 0 Å². The van der Waals surface area contributed by atoms with Crippen LogP contribution in [0.4, 0.5) is 11.4 Å². The number of rotatable bonds is 5. The van der Waals surface area contributed by atoms with Crippen LogP contribution in [0, 0.1) is 6.92 Å². The number of aryl methyl sites for hydroxylation is 1. The summed E-state index contributed by atoms with van der Waals surface area (Å²) in [6, 6.07) is 22.7. The van der Waals surface area contributed by atoms with Gasteiger partial charge in [-0.2, -0.15) is 0 Å². The number of nitrogen functional groups attached to an aromatic ring is 1. The number of hydrogen-bond acceptors (Lipinski definition) is 4. The van der Waals surface area contributed by atoms with Gasteiger partial charge in [0.1, 0.15) is 12.2 Å². The van der Waals surface area contributed by atoms with Crippen LogP contribution in [-0.2, 0) is 20.9 Å². The molecule has 0 fully saturated rings. The highest BCUT2D eigenvalue weighted by Gasteiger charge is 2.37. The van der Waals surface area contributed by atoms with Gasteiger partial charge < -0.3 is 20.5 Å². The first-order valence-corrected chi connectivity index (χ1v) is 10.1. The molecule has 1 unspecified atom stereocenters. The van der Waals surface area contributed by atoms with Crippen molar-refractivity contribution in [2.45, 2.75) is 32.1 Å². The Kier molecular flexibility index (Phi) is 5.73. The molecule has 0 bridgehead atoms. The van der Waals surface area contributed by atoms with Crippen LogP contribution in [0.3, 0.4) is 0 Å². The lowest BCUT2D eigenvalue weighted by atomic mass is 9.97. The largest absolute Gasteiger partial charge is 0.481 e. The van der Waals surface area contributed by atoms with Crippen LogP contribution in [0.25, 0.3) is 0 Å². The Hall–Kier alpha value is -3.64. The van der Waals surface area contributed by atoms with Gasteiger partial charge in [0.05, 0.1) is 18.7 Å². The number of nitrogens with zero attached hydrogens (tertiary/aromatic N) is 1. The minimum absolute atomic E-state index is 0.265. The highest BCUT2D eigenvalue weighted by atomic mass is 16.5. The average Bonchev–Trinajstić information content (AvgIpc) is 2.84. The molecule has 0 saturated heterocycles. The summed E-state index contributed by atoms with van der Waals surface area (Å²) < 4.78 is 6.20. The summed E-state index contributed by atoms with van der Waals surface area (Å²) in [7, 11) is 0. The lowest BCUT2D eigenvalue weighted by Crippen LogP contribution is -2.40. The van der Waals surface area contributed by atoms with Gasteiger partial charge in [0, 0.05) is 11.3 Å². The Morgan fingerprint density at radius 3 is 2.55 bits per heavy atom. The highest BCUT2D eigenvalue weighted by Crippen LogP contribution is 2.39. The maximum Gasteiger partial charge on any atom is 0.306 e. The molecule has 2 atom stereocenters. The summed E-state index contributed by atoms with van der Waals surface area (Å²) in [5, 5.41) is 9.44. The normalized spacial score (nSPS) is 18.4. The molecule has 1 amide bonds. The van der Waals surface area contributed by atoms with Crippen LogP contribution in [0.15, 0.2) is 72.8 Å². The van der Waals surface area contributed by atoms with E-state index in [-0.39, 0.29) is 12.5 Å². The van der Waals surface area contributed by atoms with Gasteiger partial charge in [-0.1, -0.05) is 60.2 Å². The van der Waals surface area contributed by atoms with Gasteiger partial charge in [-0.25, -0.2) is 0 Å². The van der Waals surface area contributed by atoms with Gasteiger partial charge in [-0.05, 0) is 36.2 Å². The number of hydrogen-bond donors (Lipinski definition) is 2. The lowest BCUT2D eigenvalue weighted by molar-refractivity contribution is -0.146. The molecule has 4 rings (SSSR count). The third-order valence-corrected chi connectivity index (χ3v) is 5.35. The molecule has 6 nitrogen and oxygen atoms in total. The van der Waals surface area contributed by atoms with Gasteiger partial charge in [-0.15, -0.1) is 0 Å². The maximum absolute atomic E-state index is 13.5. The molecule has 3 aromatic rings. The summed E-state index contributed by atoms with van der Waals surface area (Å²) in [5.74, 6) is -1.47. The third kappa shape index (κ3) is 4.44. The number of carbonyl (C=O) groups is 2. The highest BCUT2D eigenvalue weighted by molar-refractivity contribution is 5.99. The molecule has 1 heterocycles. The number of anilines is 2. The molecule has 158 valence electrons. The van der Waals surface area contributed by atoms with Crippen molar-refractivity contribution in [3.8, 4) is 0 Å². The Bertz CT molecular complexity index is 1110. The summed E-state index contributed by atoms with van der Waals surface area (Å²) in [5.41, 5.74) is 10.8. The molecular formula is C25H24N2O4. The molecule has 0 aromatic heterocycles. The SMILES string of the molecule is Cc1ccc2c(c1)[C@H](c1ccccc1)OC(CC(=O)O)C(=O)N2Cc1cccc(N)c1. The van der Waals surface area contributed by atoms with E-state index in [1.54, 1.807) is 11.0 Å². The molecule has 1 aliphatic rings. The molecule has 0 saturated carbocycles. The van der Waals surface area contributed by atoms with E-state index in [0.717, 1.165) is 22.3 Å². The number of nitrogens with two attached hydrogens (primary N) is 1. The minimum Gasteiger partial charge on any atom is -0.481 e. The first kappa shape index (κ1) is 20.6. The van der Waals surface area contributed by atoms with E-state index in [0.29, 0.717) is 11.4 Å². The second kappa shape index (κ2) is 8.62. The van der Waals surface area contributed by atoms with E-state index in [1.165, 1.54) is 0 Å². The summed E-state index contributed by atoms with van der Waals surface area (Å²) in [4.78, 5) is 26.7. The molecular weight excluding hydrogens is 392 g/mol. The number of carbonyl (C=O) groups excluding carboxylic acids is 1. The number of carboxylic acids is 1. The molecule has 0 aliphatic carbocycles. The number of aliphatic carboxylic acids is 1. The van der Waals surface area contributed by atoms with Crippen molar-refractivity contribution in [3.05, 3.63) is 95.1 Å². The fourth-order valence-corrected chi connectivity index (χ4v) is 3.94. The molecule has 0 spiro atoms. The van der Waals surface area contributed by atoms with E-state index in [2.05, 4.69) is 0 Å². The molecule has 1 aliphatic heterocycles. The number of carboxylic acid groups (broad SMARTS) is 1. The zero-order valence-corrected chi connectivity index (χ0v) is 17.2. The van der Waals surface area contributed by atoms with Crippen LogP contribution in [0.2, 0.25) is 0 Å². The van der Waals surface area contributed by atoms with Crippen LogP contribution in [0.5, 0.6) is 0 Å². The van der Waals surface area contributed by atoms with Crippen LogP contribution < -0.4 is 10.6 Å². The van der Waals surface area contributed by atoms with Crippen molar-refractivity contribution in [2.75, 3.05) is 10.6 Å². The average molecular weight is 416 g/mol. The van der Waals surface area contributed by atoms with Gasteiger partial charge in [0.15, 0.2) is 0 Å². The quantitative estimate of drug-likeness (QED) is 0.612. The molecule has 31 heavy (non-hydrogen) atoms. The minimum atomic E-state index is -1.11. The van der Waals surface area contributed by atoms with E-state index >= 15 is 0 Å². The monoisotopic (exact) mass is 416 g/mol. The van der Waals surface area contributed by atoms with Crippen LogP contribution in [-0.4, -0.2) is 23.1 Å². The van der Waals surface area contributed by atoms with Crippen molar-refractivity contribution in [1.29, 1.82) is 0 Å². The Labute approximate surface area is 180 Å². The summed E-state index contributed by atoms with van der Waals surface area (Å²) in [6.07, 6.45) is -2.09. The van der Waals surface area contributed by atoms with Crippen molar-refractivity contribution in [1.82, 2.24) is 0 Å². The zero-order chi connectivity index (χ0) is 22.0. The predicted octanol–water partition coefficient (Wildman–Crippen LogP) is 4.07. The fourth-order valence-electron chi connectivity index (χ4n) is 3.94. The summed E-state index contributed by atoms with van der Waals surface area (Å²) >= 11 is 0. The fraction of sp³-hybridized carbons (Fsp3) is 0.200. The summed E-state index contributed by atoms with van der Waals surface area (Å²) in [6.45, 7) is 2.24. The van der Waals surface area contributed by atoms with Crippen molar-refractivity contribution >= 4 is 23.3 Å². The second-order valence-electron chi connectivity index (χ2n) is 7.74. The smallest absolute Gasteiger partial charge is 0.306 e. The van der Waals surface area contributed by atoms with E-state index in [9.17, 15) is 14.7 Å². The Morgan fingerprint density at radius 1 is 1.06 bits per heavy atom. The van der Waals surface area contributed by atoms with Gasteiger partial charge in [-0.3, -0.25) is 9.59 Å². The number of ether oxygens (including phenoxy) is 1. The number of fused-ring (bicyclic) bond motifs is 1. The van der Waals surface area contributed by atoms with Gasteiger partial charge >= 0.3 is 5.97 Å². The van der Waals surface area contributed by atoms with Crippen LogP contribution in [0.1, 0.15) is 34.8 Å². The Balaban J connectivity index is 1.86. The number of amides is 1. The molecule has 3 aromatic carbocycles. The van der Waals surface area contributed by atoms with Crippen LogP contribution >= 0.6 is 0 Å². The molecule has 6 heteroatoms. The first-order valence-electron chi connectivity index (χ1n) is 10.1. The van der Waals surface area contributed by atoms with E-state index in [4.69, 9.17) is 10.5 Å². The predicted molar refractivity (Wildman–Crippen MR) is 119 cm³/mol. The van der Waals surface area contributed by atoms with Gasteiger partial charge in [0.25, 0.3) is 5.91 Å². The third-order valence-electron chi connectivity index (χ3n) is 5.35. The molecule has 0 radical (unpaired) electrons. The van der Waals surface area contributed by atoms with E-state index in [1.807, 2.05) is 73.7 Å². The van der Waals surface area contributed by atoms with E-state index < -0.39 is 24.6 Å². The zero-order valence-electron chi connectivity index (χ0n) is 17.2. The maximum atomic E-state index is 13.5. The van der Waals surface area contributed by atoms with Crippen molar-refractivity contribution < 1.29 is 19.4 Å². The molecule has 3 N–H and O–H groups in total. The first-order chi connectivity index (χ1) is 14.9. The number of benzene rings is 3.